The van der Waals surface area contributed by atoms with Gasteiger partial charge in [0, 0.05) is 10.9 Å². The molecule has 20 heavy (non-hydrogen) atoms. The summed E-state index contributed by atoms with van der Waals surface area (Å²) in [6.07, 6.45) is 3.21. The Kier molecular flexibility index (Phi) is 3.70. The second kappa shape index (κ2) is 5.63. The van der Waals surface area contributed by atoms with Gasteiger partial charge in [-0.05, 0) is 36.9 Å². The molecule has 104 valence electrons. The van der Waals surface area contributed by atoms with Gasteiger partial charge in [0.1, 0.15) is 5.75 Å². The predicted octanol–water partition coefficient (Wildman–Crippen LogP) is 3.17. The predicted molar refractivity (Wildman–Crippen MR) is 80.5 cm³/mol. The van der Waals surface area contributed by atoms with Crippen molar-refractivity contribution >= 4 is 16.6 Å². The lowest BCUT2D eigenvalue weighted by Gasteiger charge is -2.23. The Morgan fingerprint density at radius 3 is 2.65 bits per heavy atom. The Labute approximate surface area is 118 Å². The van der Waals surface area contributed by atoms with Crippen LogP contribution < -0.4 is 10.1 Å². The molecule has 1 atom stereocenters. The first-order valence-electron chi connectivity index (χ1n) is 7.14. The van der Waals surface area contributed by atoms with Crippen LogP contribution in [0.15, 0.2) is 36.4 Å². The molecule has 1 unspecified atom stereocenters. The Bertz CT molecular complexity index is 630. The molecule has 0 radical (unpaired) electrons. The van der Waals surface area contributed by atoms with Gasteiger partial charge in [-0.25, -0.2) is 0 Å². The van der Waals surface area contributed by atoms with Crippen LogP contribution in [0.4, 0.5) is 0 Å². The molecule has 0 aliphatic carbocycles. The maximum absolute atomic E-state index is 12.7. The highest BCUT2D eigenvalue weighted by molar-refractivity contribution is 6.11. The van der Waals surface area contributed by atoms with Crippen LogP contribution in [0.5, 0.6) is 5.75 Å². The first-order chi connectivity index (χ1) is 9.81. The number of benzene rings is 2. The number of hydrogen-bond donors (Lipinski definition) is 1. The molecule has 0 saturated carbocycles. The van der Waals surface area contributed by atoms with Gasteiger partial charge < -0.3 is 10.1 Å². The van der Waals surface area contributed by atoms with Gasteiger partial charge in [0.05, 0.1) is 13.2 Å². The molecule has 1 fully saturated rings. The monoisotopic (exact) mass is 269 g/mol. The van der Waals surface area contributed by atoms with Crippen LogP contribution in [0.25, 0.3) is 10.8 Å². The number of carbonyl (C=O) groups is 1. The molecule has 0 spiro atoms. The zero-order chi connectivity index (χ0) is 13.9. The lowest BCUT2D eigenvalue weighted by atomic mass is 9.93. The number of nitrogens with one attached hydrogen (secondary N) is 1. The van der Waals surface area contributed by atoms with E-state index in [-0.39, 0.29) is 11.8 Å². The minimum Gasteiger partial charge on any atom is -0.496 e. The van der Waals surface area contributed by atoms with Gasteiger partial charge in [0.15, 0.2) is 5.78 Å². The van der Waals surface area contributed by atoms with E-state index in [2.05, 4.69) is 5.32 Å². The van der Waals surface area contributed by atoms with E-state index in [4.69, 9.17) is 4.74 Å². The van der Waals surface area contributed by atoms with Crippen molar-refractivity contribution in [3.63, 3.8) is 0 Å². The molecule has 1 heterocycles. The van der Waals surface area contributed by atoms with Gasteiger partial charge in [-0.3, -0.25) is 4.79 Å². The molecular weight excluding hydrogens is 250 g/mol. The Morgan fingerprint density at radius 2 is 1.95 bits per heavy atom. The van der Waals surface area contributed by atoms with Crippen LogP contribution in [-0.2, 0) is 0 Å². The van der Waals surface area contributed by atoms with Gasteiger partial charge >= 0.3 is 0 Å². The highest BCUT2D eigenvalue weighted by Crippen LogP contribution is 2.29. The first kappa shape index (κ1) is 13.1. The molecule has 0 amide bonds. The molecule has 2 aromatic carbocycles. The van der Waals surface area contributed by atoms with Crippen LogP contribution in [0, 0.1) is 0 Å². The van der Waals surface area contributed by atoms with Crippen LogP contribution in [0.3, 0.4) is 0 Å². The van der Waals surface area contributed by atoms with Crippen molar-refractivity contribution in [2.24, 2.45) is 0 Å². The topological polar surface area (TPSA) is 38.3 Å². The summed E-state index contributed by atoms with van der Waals surface area (Å²) in [5.74, 6) is 1.01. The Balaban J connectivity index is 2.05. The van der Waals surface area contributed by atoms with E-state index >= 15 is 0 Å². The average Bonchev–Trinajstić information content (AvgIpc) is 2.54. The molecule has 0 bridgehead atoms. The second-order valence-electron chi connectivity index (χ2n) is 5.23. The number of piperidine rings is 1. The van der Waals surface area contributed by atoms with E-state index in [0.29, 0.717) is 0 Å². The van der Waals surface area contributed by atoms with Gasteiger partial charge in [0.2, 0.25) is 0 Å². The summed E-state index contributed by atoms with van der Waals surface area (Å²) >= 11 is 0. The third-order valence-electron chi connectivity index (χ3n) is 4.00. The molecule has 3 heteroatoms. The number of fused-ring (bicyclic) bond motifs is 1. The number of ketones is 1. The minimum atomic E-state index is -0.0412. The molecule has 1 aliphatic rings. The quantitative estimate of drug-likeness (QED) is 0.870. The standard InChI is InChI=1S/C17H19NO2/c1-20-16-10-9-14(12-6-2-3-7-13(12)16)17(19)15-8-4-5-11-18-15/h2-3,6-7,9-10,15,18H,4-5,8,11H2,1H3. The number of Topliss-reactive ketones (excluding diaryl/α,β-unsaturated/α-hetero) is 1. The van der Waals surface area contributed by atoms with Gasteiger partial charge in [-0.2, -0.15) is 0 Å². The fourth-order valence-corrected chi connectivity index (χ4v) is 2.93. The highest BCUT2D eigenvalue weighted by Gasteiger charge is 2.23. The molecule has 3 rings (SSSR count). The lowest BCUT2D eigenvalue weighted by Crippen LogP contribution is -2.40. The van der Waals surface area contributed by atoms with E-state index in [1.807, 2.05) is 36.4 Å². The van der Waals surface area contributed by atoms with Crippen molar-refractivity contribution in [2.45, 2.75) is 25.3 Å². The van der Waals surface area contributed by atoms with E-state index in [1.165, 1.54) is 0 Å². The van der Waals surface area contributed by atoms with Gasteiger partial charge in [-0.15, -0.1) is 0 Å². The smallest absolute Gasteiger partial charge is 0.180 e. The van der Waals surface area contributed by atoms with Crippen molar-refractivity contribution in [1.29, 1.82) is 0 Å². The zero-order valence-corrected chi connectivity index (χ0v) is 11.7. The molecular formula is C17H19NO2. The number of rotatable bonds is 3. The summed E-state index contributed by atoms with van der Waals surface area (Å²) in [4.78, 5) is 12.7. The van der Waals surface area contributed by atoms with E-state index in [0.717, 1.165) is 47.9 Å². The molecule has 1 N–H and O–H groups in total. The fraction of sp³-hybridized carbons (Fsp3) is 0.353. The molecule has 2 aromatic rings. The second-order valence-corrected chi connectivity index (χ2v) is 5.23. The van der Waals surface area contributed by atoms with Crippen LogP contribution in [0.1, 0.15) is 29.6 Å². The molecule has 0 aromatic heterocycles. The Hall–Kier alpha value is -1.87. The van der Waals surface area contributed by atoms with E-state index in [9.17, 15) is 4.79 Å². The van der Waals surface area contributed by atoms with Crippen LogP contribution in [-0.4, -0.2) is 25.5 Å². The molecule has 1 saturated heterocycles. The van der Waals surface area contributed by atoms with Crippen molar-refractivity contribution in [1.82, 2.24) is 5.32 Å². The minimum absolute atomic E-state index is 0.0412. The highest BCUT2D eigenvalue weighted by atomic mass is 16.5. The zero-order valence-electron chi connectivity index (χ0n) is 11.7. The summed E-state index contributed by atoms with van der Waals surface area (Å²) in [6.45, 7) is 0.935. The summed E-state index contributed by atoms with van der Waals surface area (Å²) in [5.41, 5.74) is 0.792. The Morgan fingerprint density at radius 1 is 1.15 bits per heavy atom. The third kappa shape index (κ3) is 2.29. The third-order valence-corrected chi connectivity index (χ3v) is 4.00. The molecule has 3 nitrogen and oxygen atoms in total. The first-order valence-corrected chi connectivity index (χ1v) is 7.14. The van der Waals surface area contributed by atoms with Crippen molar-refractivity contribution in [3.8, 4) is 5.75 Å². The number of methoxy groups -OCH3 is 1. The number of hydrogen-bond acceptors (Lipinski definition) is 3. The summed E-state index contributed by atoms with van der Waals surface area (Å²) in [6, 6.07) is 11.7. The fourth-order valence-electron chi connectivity index (χ4n) is 2.93. The summed E-state index contributed by atoms with van der Waals surface area (Å²) < 4.78 is 5.38. The largest absolute Gasteiger partial charge is 0.496 e. The van der Waals surface area contributed by atoms with E-state index < -0.39 is 0 Å². The maximum atomic E-state index is 12.7. The number of carbonyl (C=O) groups excluding carboxylic acids is 1. The van der Waals surface area contributed by atoms with Crippen LogP contribution >= 0.6 is 0 Å². The van der Waals surface area contributed by atoms with Gasteiger partial charge in [-0.1, -0.05) is 30.7 Å². The van der Waals surface area contributed by atoms with Crippen molar-refractivity contribution in [2.75, 3.05) is 13.7 Å². The summed E-state index contributed by atoms with van der Waals surface area (Å²) in [7, 11) is 1.66. The normalized spacial score (nSPS) is 18.9. The SMILES string of the molecule is COc1ccc(C(=O)C2CCCCN2)c2ccccc12. The molecule has 1 aliphatic heterocycles. The maximum Gasteiger partial charge on any atom is 0.180 e. The van der Waals surface area contributed by atoms with Gasteiger partial charge in [0.25, 0.3) is 0 Å². The summed E-state index contributed by atoms with van der Waals surface area (Å²) in [5, 5.41) is 5.30. The lowest BCUT2D eigenvalue weighted by molar-refractivity contribution is 0.0929. The number of ether oxygens (including phenoxy) is 1. The van der Waals surface area contributed by atoms with Crippen molar-refractivity contribution < 1.29 is 9.53 Å². The van der Waals surface area contributed by atoms with E-state index in [1.54, 1.807) is 7.11 Å². The average molecular weight is 269 g/mol. The van der Waals surface area contributed by atoms with Crippen molar-refractivity contribution in [3.05, 3.63) is 42.0 Å². The van der Waals surface area contributed by atoms with Crippen LogP contribution in [0.2, 0.25) is 0 Å².